The van der Waals surface area contributed by atoms with Crippen molar-refractivity contribution in [3.8, 4) is 0 Å². The normalized spacial score (nSPS) is 18.7. The molecule has 1 fully saturated rings. The maximum absolute atomic E-state index is 12.6. The summed E-state index contributed by atoms with van der Waals surface area (Å²) in [6.07, 6.45) is 7.27. The molecule has 0 atom stereocenters. The van der Waals surface area contributed by atoms with E-state index in [2.05, 4.69) is 0 Å². The molecule has 1 saturated carbocycles. The van der Waals surface area contributed by atoms with Gasteiger partial charge in [-0.1, -0.05) is 32.1 Å². The summed E-state index contributed by atoms with van der Waals surface area (Å²) in [5.74, 6) is 0.351. The standard InChI is InChI=1S/C13H22F2O/c1-13(9-14,10-15)12(16)8-7-11-5-3-2-4-6-11/h11H,2-10H2,1H3. The molecule has 0 aromatic heterocycles. The van der Waals surface area contributed by atoms with Crippen LogP contribution in [0.3, 0.4) is 0 Å². The first-order valence-electron chi connectivity index (χ1n) is 6.27. The van der Waals surface area contributed by atoms with Crippen LogP contribution in [0, 0.1) is 11.3 Å². The van der Waals surface area contributed by atoms with Crippen LogP contribution >= 0.6 is 0 Å². The molecule has 0 N–H and O–H groups in total. The van der Waals surface area contributed by atoms with Crippen LogP contribution in [0.15, 0.2) is 0 Å². The highest BCUT2D eigenvalue weighted by Gasteiger charge is 2.33. The third kappa shape index (κ3) is 3.53. The molecule has 3 heteroatoms. The van der Waals surface area contributed by atoms with Crippen LogP contribution in [0.2, 0.25) is 0 Å². The zero-order chi connectivity index (χ0) is 12.0. The Balaban J connectivity index is 2.33. The molecule has 94 valence electrons. The largest absolute Gasteiger partial charge is 0.299 e. The van der Waals surface area contributed by atoms with Crippen molar-refractivity contribution in [3.05, 3.63) is 0 Å². The second-order valence-corrected chi connectivity index (χ2v) is 5.29. The molecule has 0 spiro atoms. The van der Waals surface area contributed by atoms with Crippen LogP contribution < -0.4 is 0 Å². The summed E-state index contributed by atoms with van der Waals surface area (Å²) in [6, 6.07) is 0. The monoisotopic (exact) mass is 232 g/mol. The molecule has 1 nitrogen and oxygen atoms in total. The summed E-state index contributed by atoms with van der Waals surface area (Å²) < 4.78 is 25.2. The molecule has 0 radical (unpaired) electrons. The summed E-state index contributed by atoms with van der Waals surface area (Å²) in [5, 5.41) is 0. The van der Waals surface area contributed by atoms with E-state index in [1.54, 1.807) is 0 Å². The van der Waals surface area contributed by atoms with Gasteiger partial charge in [-0.3, -0.25) is 4.79 Å². The van der Waals surface area contributed by atoms with Gasteiger partial charge in [0.1, 0.15) is 19.1 Å². The van der Waals surface area contributed by atoms with E-state index in [1.165, 1.54) is 39.0 Å². The number of alkyl halides is 2. The lowest BCUT2D eigenvalue weighted by Gasteiger charge is -2.24. The minimum absolute atomic E-state index is 0.247. The van der Waals surface area contributed by atoms with Crippen molar-refractivity contribution in [1.82, 2.24) is 0 Å². The first-order chi connectivity index (χ1) is 7.62. The van der Waals surface area contributed by atoms with E-state index in [9.17, 15) is 13.6 Å². The smallest absolute Gasteiger partial charge is 0.144 e. The van der Waals surface area contributed by atoms with Crippen molar-refractivity contribution < 1.29 is 13.6 Å². The van der Waals surface area contributed by atoms with Crippen LogP contribution in [0.5, 0.6) is 0 Å². The van der Waals surface area contributed by atoms with Gasteiger partial charge in [0.2, 0.25) is 0 Å². The Hall–Kier alpha value is -0.470. The Bertz CT molecular complexity index is 218. The third-order valence-electron chi connectivity index (χ3n) is 3.77. The van der Waals surface area contributed by atoms with E-state index in [4.69, 9.17) is 0 Å². The van der Waals surface area contributed by atoms with Crippen molar-refractivity contribution >= 4 is 5.78 Å². The first kappa shape index (κ1) is 13.6. The predicted octanol–water partition coefficient (Wildman–Crippen LogP) is 3.86. The molecule has 1 rings (SSSR count). The molecule has 0 saturated heterocycles. The number of carbonyl (C=O) groups excluding carboxylic acids is 1. The zero-order valence-corrected chi connectivity index (χ0v) is 10.1. The second-order valence-electron chi connectivity index (χ2n) is 5.29. The lowest BCUT2D eigenvalue weighted by atomic mass is 9.81. The molecule has 0 heterocycles. The van der Waals surface area contributed by atoms with Crippen molar-refractivity contribution in [2.24, 2.45) is 11.3 Å². The van der Waals surface area contributed by atoms with Crippen molar-refractivity contribution in [2.75, 3.05) is 13.3 Å². The van der Waals surface area contributed by atoms with Crippen LogP contribution in [-0.2, 0) is 4.79 Å². The number of carbonyl (C=O) groups is 1. The van der Waals surface area contributed by atoms with Gasteiger partial charge in [-0.25, -0.2) is 8.78 Å². The SMILES string of the molecule is CC(CF)(CF)C(=O)CCC1CCCCC1. The van der Waals surface area contributed by atoms with Gasteiger partial charge in [0.25, 0.3) is 0 Å². The highest BCUT2D eigenvalue weighted by Crippen LogP contribution is 2.29. The van der Waals surface area contributed by atoms with Crippen molar-refractivity contribution in [1.29, 1.82) is 0 Å². The Morgan fingerprint density at radius 3 is 2.25 bits per heavy atom. The van der Waals surface area contributed by atoms with E-state index in [0.717, 1.165) is 6.42 Å². The average Bonchev–Trinajstić information content (AvgIpc) is 2.36. The fraction of sp³-hybridized carbons (Fsp3) is 0.923. The van der Waals surface area contributed by atoms with Gasteiger partial charge in [-0.2, -0.15) is 0 Å². The number of rotatable bonds is 6. The minimum atomic E-state index is -1.38. The molecule has 0 aliphatic heterocycles. The van der Waals surface area contributed by atoms with E-state index in [0.29, 0.717) is 12.3 Å². The number of Topliss-reactive ketones (excluding diaryl/α,β-unsaturated/α-hetero) is 1. The summed E-state index contributed by atoms with van der Waals surface area (Å²) in [6.45, 7) is -0.379. The Morgan fingerprint density at radius 2 is 1.75 bits per heavy atom. The predicted molar refractivity (Wildman–Crippen MR) is 60.9 cm³/mol. The first-order valence-corrected chi connectivity index (χ1v) is 6.27. The van der Waals surface area contributed by atoms with Crippen LogP contribution in [0.4, 0.5) is 8.78 Å². The molecule has 0 amide bonds. The van der Waals surface area contributed by atoms with Crippen molar-refractivity contribution in [3.63, 3.8) is 0 Å². The summed E-state index contributed by atoms with van der Waals surface area (Å²) in [5.41, 5.74) is -1.38. The van der Waals surface area contributed by atoms with Gasteiger partial charge in [0.05, 0.1) is 5.41 Å². The maximum Gasteiger partial charge on any atom is 0.144 e. The molecule has 1 aliphatic carbocycles. The van der Waals surface area contributed by atoms with Gasteiger partial charge in [-0.15, -0.1) is 0 Å². The summed E-state index contributed by atoms with van der Waals surface area (Å²) in [7, 11) is 0. The van der Waals surface area contributed by atoms with Gasteiger partial charge in [0.15, 0.2) is 0 Å². The van der Waals surface area contributed by atoms with Crippen molar-refractivity contribution in [2.45, 2.75) is 51.9 Å². The fourth-order valence-electron chi connectivity index (χ4n) is 2.30. The van der Waals surface area contributed by atoms with E-state index >= 15 is 0 Å². The molecule has 0 aromatic carbocycles. The zero-order valence-electron chi connectivity index (χ0n) is 10.1. The van der Waals surface area contributed by atoms with Crippen LogP contribution in [-0.4, -0.2) is 19.1 Å². The molecule has 0 bridgehead atoms. The number of ketones is 1. The number of halogens is 2. The van der Waals surface area contributed by atoms with Crippen LogP contribution in [0.1, 0.15) is 51.9 Å². The van der Waals surface area contributed by atoms with Gasteiger partial charge in [-0.05, 0) is 19.3 Å². The van der Waals surface area contributed by atoms with Crippen LogP contribution in [0.25, 0.3) is 0 Å². The Kier molecular flexibility index (Phi) is 5.36. The Labute approximate surface area is 96.6 Å². The molecule has 0 aromatic rings. The molecular weight excluding hydrogens is 210 g/mol. The quantitative estimate of drug-likeness (QED) is 0.679. The minimum Gasteiger partial charge on any atom is -0.299 e. The second kappa shape index (κ2) is 6.31. The molecule has 16 heavy (non-hydrogen) atoms. The lowest BCUT2D eigenvalue weighted by Crippen LogP contribution is -2.32. The summed E-state index contributed by atoms with van der Waals surface area (Å²) in [4.78, 5) is 11.7. The van der Waals surface area contributed by atoms with E-state index in [1.807, 2.05) is 0 Å². The maximum atomic E-state index is 12.6. The van der Waals surface area contributed by atoms with Gasteiger partial charge >= 0.3 is 0 Å². The highest BCUT2D eigenvalue weighted by atomic mass is 19.1. The molecule has 1 aliphatic rings. The number of hydrogen-bond acceptors (Lipinski definition) is 1. The average molecular weight is 232 g/mol. The van der Waals surface area contributed by atoms with E-state index in [-0.39, 0.29) is 5.78 Å². The number of hydrogen-bond donors (Lipinski definition) is 0. The fourth-order valence-corrected chi connectivity index (χ4v) is 2.30. The molecular formula is C13H22F2O. The Morgan fingerprint density at radius 1 is 1.19 bits per heavy atom. The molecule has 0 unspecified atom stereocenters. The highest BCUT2D eigenvalue weighted by molar-refractivity contribution is 5.84. The summed E-state index contributed by atoms with van der Waals surface area (Å²) >= 11 is 0. The lowest BCUT2D eigenvalue weighted by molar-refractivity contribution is -0.130. The topological polar surface area (TPSA) is 17.1 Å². The van der Waals surface area contributed by atoms with Gasteiger partial charge in [0, 0.05) is 6.42 Å². The van der Waals surface area contributed by atoms with Gasteiger partial charge < -0.3 is 0 Å². The third-order valence-corrected chi connectivity index (χ3v) is 3.77. The van der Waals surface area contributed by atoms with E-state index < -0.39 is 18.8 Å².